The third-order valence-corrected chi connectivity index (χ3v) is 15.7. The van der Waals surface area contributed by atoms with Crippen molar-refractivity contribution in [3.05, 3.63) is 144 Å². The maximum atomic E-state index is 13.3. The van der Waals surface area contributed by atoms with Gasteiger partial charge in [0.05, 0.1) is 23.0 Å². The summed E-state index contributed by atoms with van der Waals surface area (Å²) >= 11 is 0. The second-order valence-corrected chi connectivity index (χ2v) is 18.9. The van der Waals surface area contributed by atoms with Crippen LogP contribution in [0.5, 0.6) is 0 Å². The zero-order valence-electron chi connectivity index (χ0n) is 23.4. The smallest absolute Gasteiger partial charge is 0.233 e. The van der Waals surface area contributed by atoms with Crippen LogP contribution in [-0.2, 0) is 79.0 Å². The van der Waals surface area contributed by atoms with E-state index in [0.717, 1.165) is 0 Å². The fourth-order valence-corrected chi connectivity index (χ4v) is 14.4. The molecule has 0 heterocycles. The summed E-state index contributed by atoms with van der Waals surface area (Å²) in [6, 6.07) is 29.7. The Balaban J connectivity index is 1.81. The molecule has 0 radical (unpaired) electrons. The molecule has 0 unspecified atom stereocenters. The van der Waals surface area contributed by atoms with Gasteiger partial charge in [0.25, 0.3) is 40.5 Å². The molecule has 45 heavy (non-hydrogen) atoms. The van der Waals surface area contributed by atoms with Crippen LogP contribution in [0.15, 0.2) is 121 Å². The van der Waals surface area contributed by atoms with Crippen LogP contribution >= 0.6 is 0 Å². The minimum Gasteiger partial charge on any atom is -0.233 e. The third-order valence-electron chi connectivity index (χ3n) is 5.66. The normalized spacial score (nSPS) is 13.0. The minimum atomic E-state index is -6.30. The lowest BCUT2D eigenvalue weighted by molar-refractivity contribution is 0.175. The summed E-state index contributed by atoms with van der Waals surface area (Å²) in [6.07, 6.45) is 0. The van der Waals surface area contributed by atoms with Gasteiger partial charge in [-0.15, -0.1) is 0 Å². The van der Waals surface area contributed by atoms with Gasteiger partial charge < -0.3 is 0 Å². The van der Waals surface area contributed by atoms with Gasteiger partial charge in [0, 0.05) is 0 Å². The van der Waals surface area contributed by atoms with E-state index in [1.807, 2.05) is 0 Å². The van der Waals surface area contributed by atoms with Crippen molar-refractivity contribution in [2.75, 3.05) is 0 Å². The fourth-order valence-electron chi connectivity index (χ4n) is 3.94. The Morgan fingerprint density at radius 2 is 0.511 bits per heavy atom. The molecular formula is C28H28O12S4Si. The molecule has 4 aromatic carbocycles. The Labute approximate surface area is 264 Å². The summed E-state index contributed by atoms with van der Waals surface area (Å²) < 4.78 is 127. The molecule has 0 aliphatic rings. The molecule has 0 atom stereocenters. The van der Waals surface area contributed by atoms with E-state index in [2.05, 4.69) is 0 Å². The molecule has 0 spiro atoms. The van der Waals surface area contributed by atoms with Crippen LogP contribution in [0.25, 0.3) is 0 Å². The van der Waals surface area contributed by atoms with E-state index in [9.17, 15) is 33.7 Å². The zero-order valence-corrected chi connectivity index (χ0v) is 27.7. The third kappa shape index (κ3) is 11.6. The van der Waals surface area contributed by atoms with Crippen molar-refractivity contribution in [3.63, 3.8) is 0 Å². The first kappa shape index (κ1) is 34.6. The maximum Gasteiger partial charge on any atom is 0.739 e. The molecule has 0 saturated heterocycles. The van der Waals surface area contributed by atoms with Crippen LogP contribution in [0.1, 0.15) is 22.3 Å². The summed E-state index contributed by atoms with van der Waals surface area (Å²) in [5.74, 6) is -3.74. The average molecular weight is 713 g/mol. The molecule has 0 aliphatic heterocycles. The van der Waals surface area contributed by atoms with Gasteiger partial charge in [-0.1, -0.05) is 121 Å². The lowest BCUT2D eigenvalue weighted by Crippen LogP contribution is -2.54. The van der Waals surface area contributed by atoms with Gasteiger partial charge in [-0.2, -0.15) is 33.7 Å². The lowest BCUT2D eigenvalue weighted by atomic mass is 10.2. The van der Waals surface area contributed by atoms with E-state index in [4.69, 9.17) is 15.5 Å². The van der Waals surface area contributed by atoms with Crippen molar-refractivity contribution < 1.29 is 49.2 Å². The predicted octanol–water partition coefficient (Wildman–Crippen LogP) is 3.61. The van der Waals surface area contributed by atoms with Gasteiger partial charge in [-0.3, -0.25) is 0 Å². The maximum absolute atomic E-state index is 13.3. The molecule has 4 rings (SSSR count). The molecule has 0 aromatic heterocycles. The second-order valence-electron chi connectivity index (χ2n) is 9.58. The molecule has 0 bridgehead atoms. The van der Waals surface area contributed by atoms with Crippen molar-refractivity contribution in [2.24, 2.45) is 0 Å². The molecule has 0 amide bonds. The summed E-state index contributed by atoms with van der Waals surface area (Å²) in [4.78, 5) is 0. The van der Waals surface area contributed by atoms with Crippen molar-refractivity contribution in [1.82, 2.24) is 0 Å². The molecule has 240 valence electrons. The topological polar surface area (TPSA) is 173 Å². The van der Waals surface area contributed by atoms with Gasteiger partial charge >= 0.3 is 9.05 Å². The van der Waals surface area contributed by atoms with Crippen molar-refractivity contribution in [1.29, 1.82) is 0 Å². The largest absolute Gasteiger partial charge is 0.739 e. The van der Waals surface area contributed by atoms with Gasteiger partial charge in [0.15, 0.2) is 0 Å². The highest BCUT2D eigenvalue weighted by Gasteiger charge is 2.61. The highest BCUT2D eigenvalue weighted by molar-refractivity contribution is 7.91. The zero-order chi connectivity index (χ0) is 32.6. The number of benzene rings is 4. The Morgan fingerprint density at radius 3 is 0.689 bits per heavy atom. The Kier molecular flexibility index (Phi) is 11.1. The van der Waals surface area contributed by atoms with Crippen LogP contribution in [0.3, 0.4) is 0 Å². The molecule has 4 aromatic rings. The minimum absolute atomic E-state index is 0.145. The Hall–Kier alpha value is -3.26. The Morgan fingerprint density at radius 1 is 0.333 bits per heavy atom. The van der Waals surface area contributed by atoms with E-state index in [-0.39, 0.29) is 22.3 Å². The van der Waals surface area contributed by atoms with Crippen molar-refractivity contribution >= 4 is 49.5 Å². The lowest BCUT2D eigenvalue weighted by Gasteiger charge is -2.26. The first-order valence-electron chi connectivity index (χ1n) is 13.0. The second kappa shape index (κ2) is 14.4. The van der Waals surface area contributed by atoms with E-state index in [1.165, 1.54) is 97.1 Å². The predicted molar refractivity (Wildman–Crippen MR) is 166 cm³/mol. The summed E-state index contributed by atoms with van der Waals surface area (Å²) in [5.41, 5.74) is 0.581. The van der Waals surface area contributed by atoms with Crippen LogP contribution in [0.2, 0.25) is 0 Å². The molecule has 17 heteroatoms. The molecule has 0 saturated carbocycles. The monoisotopic (exact) mass is 712 g/mol. The summed E-state index contributed by atoms with van der Waals surface area (Å²) in [5, 5.41) is 0. The molecule has 0 aliphatic carbocycles. The summed E-state index contributed by atoms with van der Waals surface area (Å²) in [6.45, 7) is 0. The van der Waals surface area contributed by atoms with E-state index in [0.29, 0.717) is 0 Å². The SMILES string of the molecule is O=S(=O)(Cc1ccccc1)O[Si](OS(=O)(=O)Cc1ccccc1)(OS(=O)(=O)Cc1ccccc1)OS(=O)(=O)Cc1ccccc1. The number of hydrogen-bond donors (Lipinski definition) is 0. The molecule has 0 fully saturated rings. The standard InChI is InChI=1S/C28H28O12S4Si/c29-41(30,21-25-13-5-1-6-14-25)37-45(38-42(31,32)22-26-15-7-2-8-16-26,39-43(33,34)23-27-17-9-3-10-18-27)40-44(35,36)24-28-19-11-4-12-20-28/h1-20H,21-24H2. The van der Waals surface area contributed by atoms with Crippen LogP contribution in [0.4, 0.5) is 0 Å². The molecular weight excluding hydrogens is 685 g/mol. The van der Waals surface area contributed by atoms with E-state index >= 15 is 0 Å². The van der Waals surface area contributed by atoms with Crippen molar-refractivity contribution in [2.45, 2.75) is 23.0 Å². The number of rotatable bonds is 16. The Bertz CT molecular complexity index is 1690. The van der Waals surface area contributed by atoms with Crippen molar-refractivity contribution in [3.8, 4) is 0 Å². The number of hydrogen-bond acceptors (Lipinski definition) is 12. The highest BCUT2D eigenvalue weighted by atomic mass is 32.2. The van der Waals surface area contributed by atoms with Gasteiger partial charge in [-0.25, -0.2) is 15.5 Å². The van der Waals surface area contributed by atoms with Gasteiger partial charge in [-0.05, 0) is 22.3 Å². The van der Waals surface area contributed by atoms with Crippen LogP contribution in [-0.4, -0.2) is 42.7 Å². The fraction of sp³-hybridized carbons (Fsp3) is 0.143. The van der Waals surface area contributed by atoms with E-state index in [1.54, 1.807) is 24.3 Å². The average Bonchev–Trinajstić information content (AvgIpc) is 2.92. The summed E-state index contributed by atoms with van der Waals surface area (Å²) in [7, 11) is -26.4. The van der Waals surface area contributed by atoms with Crippen LogP contribution in [0, 0.1) is 0 Å². The molecule has 0 N–H and O–H groups in total. The van der Waals surface area contributed by atoms with Gasteiger partial charge in [0.1, 0.15) is 0 Å². The van der Waals surface area contributed by atoms with Crippen LogP contribution < -0.4 is 0 Å². The first-order valence-corrected chi connectivity index (χ1v) is 21.0. The van der Waals surface area contributed by atoms with E-state index < -0.39 is 72.5 Å². The highest BCUT2D eigenvalue weighted by Crippen LogP contribution is 2.28. The first-order chi connectivity index (χ1) is 21.1. The quantitative estimate of drug-likeness (QED) is 0.155. The molecule has 12 nitrogen and oxygen atoms in total. The van der Waals surface area contributed by atoms with Gasteiger partial charge in [0.2, 0.25) is 0 Å².